The van der Waals surface area contributed by atoms with Crippen molar-refractivity contribution in [3.8, 4) is 0 Å². The number of anilines is 1. The highest BCUT2D eigenvalue weighted by Crippen LogP contribution is 2.25. The van der Waals surface area contributed by atoms with Gasteiger partial charge in [0.2, 0.25) is 5.91 Å². The molecule has 1 heterocycles. The van der Waals surface area contributed by atoms with E-state index in [1.165, 1.54) is 0 Å². The number of halogens is 3. The first-order chi connectivity index (χ1) is 12.9. The molecule has 27 heavy (non-hydrogen) atoms. The Hall–Kier alpha value is -2.44. The number of carbonyl (C=O) groups excluding carboxylic acids is 3. The molecule has 0 saturated carbocycles. The molecule has 0 aromatic heterocycles. The number of ketones is 1. The fourth-order valence-corrected chi connectivity index (χ4v) is 3.18. The highest BCUT2D eigenvalue weighted by Gasteiger charge is 2.22. The topological polar surface area (TPSA) is 63.7 Å². The van der Waals surface area contributed by atoms with Gasteiger partial charge in [-0.15, -0.1) is 0 Å². The van der Waals surface area contributed by atoms with Crippen LogP contribution in [0.4, 0.5) is 10.1 Å². The Kier molecular flexibility index (Phi) is 5.77. The number of rotatable bonds is 5. The lowest BCUT2D eigenvalue weighted by Crippen LogP contribution is -2.23. The maximum atomic E-state index is 13.5. The molecule has 1 saturated heterocycles. The van der Waals surface area contributed by atoms with Crippen molar-refractivity contribution >= 4 is 46.5 Å². The van der Waals surface area contributed by atoms with Crippen molar-refractivity contribution in [1.29, 1.82) is 0 Å². The molecule has 0 radical (unpaired) electrons. The van der Waals surface area contributed by atoms with E-state index >= 15 is 0 Å². The van der Waals surface area contributed by atoms with Crippen LogP contribution in [0.25, 0.3) is 0 Å². The standard InChI is InChI=1S/C19H14Cl2FNO4/c20-14-9-15(21)16(22)8-13(14)19(26)27-10-17(24)11-3-5-12(6-4-11)23-7-1-2-18(23)25/h3-6,8-9H,1-2,7,10H2. The highest BCUT2D eigenvalue weighted by atomic mass is 35.5. The van der Waals surface area contributed by atoms with Crippen LogP contribution in [-0.4, -0.2) is 30.8 Å². The normalized spacial score (nSPS) is 13.7. The number of nitrogens with zero attached hydrogens (tertiary/aromatic N) is 1. The predicted molar refractivity (Wildman–Crippen MR) is 99.1 cm³/mol. The molecule has 0 bridgehead atoms. The Labute approximate surface area is 164 Å². The zero-order valence-corrected chi connectivity index (χ0v) is 15.5. The molecule has 0 N–H and O–H groups in total. The van der Waals surface area contributed by atoms with Crippen molar-refractivity contribution in [1.82, 2.24) is 0 Å². The van der Waals surface area contributed by atoms with Gasteiger partial charge in [-0.25, -0.2) is 9.18 Å². The van der Waals surface area contributed by atoms with Gasteiger partial charge in [-0.3, -0.25) is 9.59 Å². The van der Waals surface area contributed by atoms with Crippen molar-refractivity contribution in [3.05, 3.63) is 63.4 Å². The Bertz CT molecular complexity index is 915. The molecule has 1 amide bonds. The Morgan fingerprint density at radius 1 is 1.11 bits per heavy atom. The first-order valence-corrected chi connectivity index (χ1v) is 8.87. The number of benzene rings is 2. The van der Waals surface area contributed by atoms with E-state index in [0.29, 0.717) is 18.5 Å². The van der Waals surface area contributed by atoms with Crippen molar-refractivity contribution in [2.75, 3.05) is 18.1 Å². The lowest BCUT2D eigenvalue weighted by Gasteiger charge is -2.15. The van der Waals surface area contributed by atoms with Crippen LogP contribution in [0.3, 0.4) is 0 Å². The summed E-state index contributed by atoms with van der Waals surface area (Å²) in [6.45, 7) is 0.129. The summed E-state index contributed by atoms with van der Waals surface area (Å²) in [5.74, 6) is -2.13. The zero-order chi connectivity index (χ0) is 19.6. The number of amides is 1. The molecule has 140 valence electrons. The molecule has 1 aliphatic heterocycles. The number of ether oxygens (including phenoxy) is 1. The molecule has 0 atom stereocenters. The fourth-order valence-electron chi connectivity index (χ4n) is 2.72. The van der Waals surface area contributed by atoms with Gasteiger partial charge in [-0.2, -0.15) is 0 Å². The van der Waals surface area contributed by atoms with E-state index in [4.69, 9.17) is 27.9 Å². The third kappa shape index (κ3) is 4.28. The summed E-state index contributed by atoms with van der Waals surface area (Å²) in [6, 6.07) is 8.42. The Balaban J connectivity index is 1.63. The molecule has 0 aliphatic carbocycles. The molecule has 1 aliphatic rings. The molecule has 1 fully saturated rings. The van der Waals surface area contributed by atoms with Crippen LogP contribution < -0.4 is 4.90 Å². The van der Waals surface area contributed by atoms with Crippen LogP contribution in [0, 0.1) is 5.82 Å². The third-order valence-electron chi connectivity index (χ3n) is 4.14. The monoisotopic (exact) mass is 409 g/mol. The van der Waals surface area contributed by atoms with Gasteiger partial charge in [0.05, 0.1) is 15.6 Å². The first-order valence-electron chi connectivity index (χ1n) is 8.12. The van der Waals surface area contributed by atoms with E-state index in [1.807, 2.05) is 0 Å². The number of carbonyl (C=O) groups is 3. The summed E-state index contributed by atoms with van der Waals surface area (Å²) in [6.07, 6.45) is 1.33. The summed E-state index contributed by atoms with van der Waals surface area (Å²) in [7, 11) is 0. The quantitative estimate of drug-likeness (QED) is 0.419. The number of hydrogen-bond acceptors (Lipinski definition) is 4. The van der Waals surface area contributed by atoms with Gasteiger partial charge in [0.1, 0.15) is 5.82 Å². The average molecular weight is 410 g/mol. The van der Waals surface area contributed by atoms with E-state index in [1.54, 1.807) is 29.2 Å². The van der Waals surface area contributed by atoms with Gasteiger partial charge in [-0.1, -0.05) is 23.2 Å². The lowest BCUT2D eigenvalue weighted by molar-refractivity contribution is -0.117. The Morgan fingerprint density at radius 2 is 1.81 bits per heavy atom. The van der Waals surface area contributed by atoms with Gasteiger partial charge in [0.25, 0.3) is 0 Å². The van der Waals surface area contributed by atoms with Gasteiger partial charge in [0, 0.05) is 24.2 Å². The second-order valence-corrected chi connectivity index (χ2v) is 6.76. The van der Waals surface area contributed by atoms with Crippen LogP contribution in [0.5, 0.6) is 0 Å². The molecule has 3 rings (SSSR count). The Morgan fingerprint density at radius 3 is 2.44 bits per heavy atom. The van der Waals surface area contributed by atoms with E-state index in [0.717, 1.165) is 24.2 Å². The summed E-state index contributed by atoms with van der Waals surface area (Å²) >= 11 is 11.4. The van der Waals surface area contributed by atoms with Gasteiger partial charge >= 0.3 is 5.97 Å². The van der Waals surface area contributed by atoms with Gasteiger partial charge < -0.3 is 9.64 Å². The highest BCUT2D eigenvalue weighted by molar-refractivity contribution is 6.36. The van der Waals surface area contributed by atoms with Crippen LogP contribution in [0.1, 0.15) is 33.6 Å². The summed E-state index contributed by atoms with van der Waals surface area (Å²) in [5, 5.41) is -0.289. The van der Waals surface area contributed by atoms with Gasteiger partial charge in [0.15, 0.2) is 12.4 Å². The van der Waals surface area contributed by atoms with Crippen molar-refractivity contribution in [2.45, 2.75) is 12.8 Å². The van der Waals surface area contributed by atoms with Crippen molar-refractivity contribution in [2.24, 2.45) is 0 Å². The maximum Gasteiger partial charge on any atom is 0.340 e. The molecule has 2 aromatic carbocycles. The van der Waals surface area contributed by atoms with Crippen molar-refractivity contribution in [3.63, 3.8) is 0 Å². The molecule has 0 unspecified atom stereocenters. The minimum atomic E-state index is -0.928. The predicted octanol–water partition coefficient (Wildman–Crippen LogP) is 4.30. The minimum Gasteiger partial charge on any atom is -0.454 e. The van der Waals surface area contributed by atoms with E-state index in [-0.39, 0.29) is 21.5 Å². The maximum absolute atomic E-state index is 13.5. The van der Waals surface area contributed by atoms with E-state index in [2.05, 4.69) is 0 Å². The number of Topliss-reactive ketones (excluding diaryl/α,β-unsaturated/α-hetero) is 1. The average Bonchev–Trinajstić information content (AvgIpc) is 3.08. The minimum absolute atomic E-state index is 0.0510. The SMILES string of the molecule is O=C(COC(=O)c1cc(F)c(Cl)cc1Cl)c1ccc(N2CCCC2=O)cc1. The second kappa shape index (κ2) is 8.06. The number of esters is 1. The first kappa shape index (κ1) is 19.3. The third-order valence-corrected chi connectivity index (χ3v) is 4.74. The van der Waals surface area contributed by atoms with Crippen LogP contribution >= 0.6 is 23.2 Å². The molecule has 8 heteroatoms. The smallest absolute Gasteiger partial charge is 0.340 e. The molecule has 2 aromatic rings. The van der Waals surface area contributed by atoms with Crippen LogP contribution in [0.2, 0.25) is 10.0 Å². The number of hydrogen-bond donors (Lipinski definition) is 0. The van der Waals surface area contributed by atoms with Crippen molar-refractivity contribution < 1.29 is 23.5 Å². The summed E-state index contributed by atoms with van der Waals surface area (Å²) in [5.41, 5.74) is 0.829. The summed E-state index contributed by atoms with van der Waals surface area (Å²) in [4.78, 5) is 37.6. The second-order valence-electron chi connectivity index (χ2n) is 5.94. The fraction of sp³-hybridized carbons (Fsp3) is 0.211. The van der Waals surface area contributed by atoms with E-state index < -0.39 is 24.2 Å². The molecular formula is C19H14Cl2FNO4. The van der Waals surface area contributed by atoms with Gasteiger partial charge in [-0.05, 0) is 42.8 Å². The van der Waals surface area contributed by atoms with E-state index in [9.17, 15) is 18.8 Å². The largest absolute Gasteiger partial charge is 0.454 e. The van der Waals surface area contributed by atoms with Crippen LogP contribution in [-0.2, 0) is 9.53 Å². The van der Waals surface area contributed by atoms with Crippen LogP contribution in [0.15, 0.2) is 36.4 Å². The lowest BCUT2D eigenvalue weighted by atomic mass is 10.1. The molecular weight excluding hydrogens is 396 g/mol. The summed E-state index contributed by atoms with van der Waals surface area (Å²) < 4.78 is 18.4. The zero-order valence-electron chi connectivity index (χ0n) is 14.0. The molecule has 0 spiro atoms. The molecule has 5 nitrogen and oxygen atoms in total.